The molecule has 0 unspecified atom stereocenters. The number of aryl methyl sites for hydroxylation is 1. The Bertz CT molecular complexity index is 1440. The number of carboxylic acids is 1. The van der Waals surface area contributed by atoms with Crippen molar-refractivity contribution in [3.63, 3.8) is 0 Å². The fraction of sp³-hybridized carbons (Fsp3) is 0.273. The maximum Gasteiger partial charge on any atom is 0.329 e. The minimum atomic E-state index is -1.00. The van der Waals surface area contributed by atoms with Crippen LogP contribution in [0.5, 0.6) is 5.75 Å². The van der Waals surface area contributed by atoms with Crippen molar-refractivity contribution in [2.45, 2.75) is 24.2 Å². The van der Waals surface area contributed by atoms with Crippen LogP contribution in [0.4, 0.5) is 0 Å². The van der Waals surface area contributed by atoms with E-state index in [-0.39, 0.29) is 36.5 Å². The summed E-state index contributed by atoms with van der Waals surface area (Å²) in [6.45, 7) is -0.0749. The van der Waals surface area contributed by atoms with E-state index in [0.29, 0.717) is 10.9 Å². The van der Waals surface area contributed by atoms with Crippen LogP contribution in [0.1, 0.15) is 6.42 Å². The molecule has 0 fully saturated rings. The van der Waals surface area contributed by atoms with Gasteiger partial charge in [0.05, 0.1) is 13.0 Å². The number of aliphatic carboxylic acids is 1. The smallest absolute Gasteiger partial charge is 0.329 e. The molecule has 172 valence electrons. The van der Waals surface area contributed by atoms with Gasteiger partial charge in [-0.25, -0.2) is 9.78 Å². The summed E-state index contributed by atoms with van der Waals surface area (Å²) in [7, 11) is 1.48. The molecule has 0 saturated heterocycles. The number of rotatable bonds is 9. The molecule has 4 aromatic rings. The van der Waals surface area contributed by atoms with Crippen molar-refractivity contribution in [1.29, 1.82) is 0 Å². The molecule has 0 radical (unpaired) electrons. The van der Waals surface area contributed by atoms with Gasteiger partial charge in [0, 0.05) is 18.2 Å². The van der Waals surface area contributed by atoms with Crippen molar-refractivity contribution in [1.82, 2.24) is 19.1 Å². The van der Waals surface area contributed by atoms with E-state index in [1.807, 2.05) is 42.5 Å². The predicted octanol–water partition coefficient (Wildman–Crippen LogP) is 1.58. The molecule has 0 saturated carbocycles. The van der Waals surface area contributed by atoms with Crippen LogP contribution in [-0.4, -0.2) is 53.7 Å². The summed E-state index contributed by atoms with van der Waals surface area (Å²) in [4.78, 5) is 42.0. The first-order valence-electron chi connectivity index (χ1n) is 10.2. The Hall–Kier alpha value is -3.57. The minimum Gasteiger partial charge on any atom is -0.490 e. The summed E-state index contributed by atoms with van der Waals surface area (Å²) in [6.07, 6.45) is -1.10. The van der Waals surface area contributed by atoms with Crippen LogP contribution < -0.4 is 16.0 Å². The zero-order chi connectivity index (χ0) is 23.5. The van der Waals surface area contributed by atoms with E-state index in [0.717, 1.165) is 22.5 Å². The van der Waals surface area contributed by atoms with Crippen LogP contribution in [0.2, 0.25) is 0 Å². The number of ether oxygens (including phenoxy) is 1. The molecule has 10 nitrogen and oxygen atoms in total. The standard InChI is InChI=1S/C22H22N4O6S/c1-25-19-18(20(30)24-21(25)31)26(22(23-19)33-10-9-17(28)29)11-14(27)12-32-16-8-4-6-13-5-2-3-7-15(13)16/h2-8,14,27H,9-12H2,1H3,(H,28,29)(H,24,30,31)/t14-/m0/s1. The lowest BCUT2D eigenvalue weighted by Gasteiger charge is -2.16. The molecule has 0 aliphatic rings. The molecule has 0 bridgehead atoms. The number of carboxylic acid groups (broad SMARTS) is 1. The highest BCUT2D eigenvalue weighted by Crippen LogP contribution is 2.26. The van der Waals surface area contributed by atoms with Gasteiger partial charge in [-0.3, -0.25) is 19.1 Å². The highest BCUT2D eigenvalue weighted by Gasteiger charge is 2.20. The Kier molecular flexibility index (Phi) is 6.52. The van der Waals surface area contributed by atoms with Crippen molar-refractivity contribution in [2.75, 3.05) is 12.4 Å². The summed E-state index contributed by atoms with van der Waals surface area (Å²) >= 11 is 1.13. The Morgan fingerprint density at radius 1 is 1.21 bits per heavy atom. The van der Waals surface area contributed by atoms with Gasteiger partial charge in [-0.2, -0.15) is 0 Å². The molecule has 4 rings (SSSR count). The van der Waals surface area contributed by atoms with E-state index in [1.54, 1.807) is 0 Å². The maximum atomic E-state index is 12.5. The number of fused-ring (bicyclic) bond motifs is 2. The van der Waals surface area contributed by atoms with Crippen molar-refractivity contribution in [2.24, 2.45) is 7.05 Å². The number of aliphatic hydroxyl groups excluding tert-OH is 1. The fourth-order valence-electron chi connectivity index (χ4n) is 3.49. The number of carbonyl (C=O) groups is 1. The number of nitrogens with one attached hydrogen (secondary N) is 1. The van der Waals surface area contributed by atoms with Gasteiger partial charge in [0.2, 0.25) is 0 Å². The van der Waals surface area contributed by atoms with Crippen LogP contribution in [0, 0.1) is 0 Å². The molecular formula is C22H22N4O6S. The second kappa shape index (κ2) is 9.51. The van der Waals surface area contributed by atoms with Gasteiger partial charge in [-0.05, 0) is 11.5 Å². The van der Waals surface area contributed by atoms with E-state index in [2.05, 4.69) is 9.97 Å². The summed E-state index contributed by atoms with van der Waals surface area (Å²) < 4.78 is 8.56. The lowest BCUT2D eigenvalue weighted by molar-refractivity contribution is -0.136. The van der Waals surface area contributed by atoms with Crippen molar-refractivity contribution in [3.05, 3.63) is 63.3 Å². The van der Waals surface area contributed by atoms with Gasteiger partial charge in [0.1, 0.15) is 18.5 Å². The SMILES string of the molecule is Cn1c(=O)[nH]c(=O)c2c1nc(SCCC(=O)O)n2C[C@H](O)COc1cccc2ccccc12. The number of hydrogen-bond donors (Lipinski definition) is 3. The Morgan fingerprint density at radius 2 is 1.97 bits per heavy atom. The first-order chi connectivity index (χ1) is 15.8. The maximum absolute atomic E-state index is 12.5. The molecule has 0 amide bonds. The van der Waals surface area contributed by atoms with Crippen LogP contribution in [-0.2, 0) is 18.4 Å². The summed E-state index contributed by atoms with van der Waals surface area (Å²) in [5, 5.41) is 21.9. The van der Waals surface area contributed by atoms with E-state index in [9.17, 15) is 19.5 Å². The molecule has 2 heterocycles. The number of H-pyrrole nitrogens is 1. The third kappa shape index (κ3) is 4.78. The normalized spacial score (nSPS) is 12.3. The highest BCUT2D eigenvalue weighted by molar-refractivity contribution is 7.99. The Labute approximate surface area is 191 Å². The van der Waals surface area contributed by atoms with Gasteiger partial charge in [-0.1, -0.05) is 48.2 Å². The second-order valence-electron chi connectivity index (χ2n) is 7.43. The van der Waals surface area contributed by atoms with Crippen molar-refractivity contribution < 1.29 is 19.7 Å². The van der Waals surface area contributed by atoms with Crippen LogP contribution >= 0.6 is 11.8 Å². The van der Waals surface area contributed by atoms with Gasteiger partial charge < -0.3 is 19.5 Å². The van der Waals surface area contributed by atoms with E-state index < -0.39 is 23.3 Å². The van der Waals surface area contributed by atoms with E-state index >= 15 is 0 Å². The third-order valence-corrected chi connectivity index (χ3v) is 6.07. The molecule has 1 atom stereocenters. The summed E-state index contributed by atoms with van der Waals surface area (Å²) in [6, 6.07) is 13.4. The summed E-state index contributed by atoms with van der Waals surface area (Å²) in [5.74, 6) is -0.120. The number of aromatic nitrogens is 4. The number of benzene rings is 2. The molecule has 0 spiro atoms. The average Bonchev–Trinajstić information content (AvgIpc) is 3.14. The van der Waals surface area contributed by atoms with Crippen molar-refractivity contribution >= 4 is 39.7 Å². The third-order valence-electron chi connectivity index (χ3n) is 5.09. The molecule has 3 N–H and O–H groups in total. The second-order valence-corrected chi connectivity index (χ2v) is 8.49. The molecule has 2 aromatic carbocycles. The minimum absolute atomic E-state index is 0.0298. The average molecular weight is 471 g/mol. The first kappa shape index (κ1) is 22.6. The number of aromatic amines is 1. The fourth-order valence-corrected chi connectivity index (χ4v) is 4.43. The lowest BCUT2D eigenvalue weighted by Crippen LogP contribution is -2.30. The Balaban J connectivity index is 1.60. The predicted molar refractivity (Wildman–Crippen MR) is 124 cm³/mol. The summed E-state index contributed by atoms with van der Waals surface area (Å²) in [5.41, 5.74) is -0.963. The molecular weight excluding hydrogens is 448 g/mol. The van der Waals surface area contributed by atoms with Crippen LogP contribution in [0.15, 0.2) is 57.2 Å². The quantitative estimate of drug-likeness (QED) is 0.313. The topological polar surface area (TPSA) is 139 Å². The monoisotopic (exact) mass is 470 g/mol. The number of thioether (sulfide) groups is 1. The molecule has 2 aromatic heterocycles. The first-order valence-corrected chi connectivity index (χ1v) is 11.2. The van der Waals surface area contributed by atoms with Gasteiger partial charge in [-0.15, -0.1) is 0 Å². The number of hydrogen-bond acceptors (Lipinski definition) is 7. The number of nitrogens with zero attached hydrogens (tertiary/aromatic N) is 3. The largest absolute Gasteiger partial charge is 0.490 e. The zero-order valence-electron chi connectivity index (χ0n) is 17.7. The molecule has 0 aliphatic heterocycles. The molecule has 11 heteroatoms. The van der Waals surface area contributed by atoms with Crippen LogP contribution in [0.25, 0.3) is 21.9 Å². The Morgan fingerprint density at radius 3 is 2.76 bits per heavy atom. The highest BCUT2D eigenvalue weighted by atomic mass is 32.2. The van der Waals surface area contributed by atoms with Crippen molar-refractivity contribution in [3.8, 4) is 5.75 Å². The van der Waals surface area contributed by atoms with Crippen LogP contribution in [0.3, 0.4) is 0 Å². The number of aliphatic hydroxyl groups is 1. The lowest BCUT2D eigenvalue weighted by atomic mass is 10.1. The van der Waals surface area contributed by atoms with Gasteiger partial charge in [0.25, 0.3) is 5.56 Å². The van der Waals surface area contributed by atoms with E-state index in [4.69, 9.17) is 9.84 Å². The molecule has 33 heavy (non-hydrogen) atoms. The number of imidazole rings is 1. The van der Waals surface area contributed by atoms with Gasteiger partial charge >= 0.3 is 11.7 Å². The zero-order valence-corrected chi connectivity index (χ0v) is 18.5. The van der Waals surface area contributed by atoms with E-state index in [1.165, 1.54) is 16.2 Å². The molecule has 0 aliphatic carbocycles. The van der Waals surface area contributed by atoms with Gasteiger partial charge in [0.15, 0.2) is 16.3 Å².